The summed E-state index contributed by atoms with van der Waals surface area (Å²) in [5, 5.41) is 5.07. The lowest BCUT2D eigenvalue weighted by atomic mass is 10.2. The van der Waals surface area contributed by atoms with E-state index in [1.54, 1.807) is 6.07 Å². The maximum absolute atomic E-state index is 13.2. The van der Waals surface area contributed by atoms with E-state index in [1.807, 2.05) is 18.5 Å². The van der Waals surface area contributed by atoms with Crippen molar-refractivity contribution in [2.24, 2.45) is 0 Å². The summed E-state index contributed by atoms with van der Waals surface area (Å²) in [6.45, 7) is 4.98. The zero-order chi connectivity index (χ0) is 15.4. The van der Waals surface area contributed by atoms with Gasteiger partial charge in [-0.15, -0.1) is 11.6 Å². The maximum atomic E-state index is 13.2. The quantitative estimate of drug-likeness (QED) is 0.725. The first-order valence-electron chi connectivity index (χ1n) is 6.81. The minimum absolute atomic E-state index is 0.189. The van der Waals surface area contributed by atoms with Crippen molar-refractivity contribution in [1.29, 1.82) is 0 Å². The van der Waals surface area contributed by atoms with Crippen molar-refractivity contribution in [2.45, 2.75) is 39.3 Å². The Balaban J connectivity index is 2.22. The normalized spacial score (nSPS) is 10.9. The molecule has 0 bridgehead atoms. The highest BCUT2D eigenvalue weighted by molar-refractivity contribution is 6.31. The van der Waals surface area contributed by atoms with Gasteiger partial charge in [-0.05, 0) is 31.5 Å². The number of hydrogen-bond acceptors (Lipinski definition) is 2. The molecule has 0 fully saturated rings. The van der Waals surface area contributed by atoms with Gasteiger partial charge in [-0.2, -0.15) is 5.10 Å². The lowest BCUT2D eigenvalue weighted by Gasteiger charge is -2.11. The Kier molecular flexibility index (Phi) is 5.48. The van der Waals surface area contributed by atoms with Gasteiger partial charge in [-0.1, -0.05) is 18.5 Å². The first-order chi connectivity index (χ1) is 10.1. The number of benzene rings is 1. The highest BCUT2D eigenvalue weighted by Gasteiger charge is 2.15. The number of rotatable bonds is 6. The van der Waals surface area contributed by atoms with Gasteiger partial charge < -0.3 is 4.74 Å². The summed E-state index contributed by atoms with van der Waals surface area (Å²) in [6, 6.07) is 4.30. The largest absolute Gasteiger partial charge is 0.487 e. The lowest BCUT2D eigenvalue weighted by Crippen LogP contribution is -2.07. The van der Waals surface area contributed by atoms with Crippen LogP contribution in [0.3, 0.4) is 0 Å². The molecule has 0 aliphatic heterocycles. The minimum Gasteiger partial charge on any atom is -0.487 e. The predicted molar refractivity (Wildman–Crippen MR) is 82.6 cm³/mol. The Morgan fingerprint density at radius 3 is 2.71 bits per heavy atom. The Bertz CT molecular complexity index is 628. The van der Waals surface area contributed by atoms with Gasteiger partial charge in [0.25, 0.3) is 0 Å². The number of aromatic nitrogens is 2. The summed E-state index contributed by atoms with van der Waals surface area (Å²) in [5.41, 5.74) is 2.29. The van der Waals surface area contributed by atoms with Gasteiger partial charge in [0.1, 0.15) is 18.2 Å². The summed E-state index contributed by atoms with van der Waals surface area (Å²) in [6.07, 6.45) is 0.766. The van der Waals surface area contributed by atoms with Crippen molar-refractivity contribution < 1.29 is 9.13 Å². The van der Waals surface area contributed by atoms with Gasteiger partial charge in [0.15, 0.2) is 0 Å². The van der Waals surface area contributed by atoms with Crippen LogP contribution in [0.5, 0.6) is 5.75 Å². The van der Waals surface area contributed by atoms with Crippen LogP contribution in [0, 0.1) is 5.82 Å². The monoisotopic (exact) mass is 330 g/mol. The van der Waals surface area contributed by atoms with Crippen molar-refractivity contribution in [1.82, 2.24) is 9.78 Å². The second kappa shape index (κ2) is 7.14. The average Bonchev–Trinajstić information content (AvgIpc) is 2.81. The molecule has 2 aromatic rings. The molecule has 0 atom stereocenters. The van der Waals surface area contributed by atoms with E-state index in [9.17, 15) is 4.39 Å². The first-order valence-corrected chi connectivity index (χ1v) is 7.73. The molecule has 0 saturated carbocycles. The van der Waals surface area contributed by atoms with E-state index in [4.69, 9.17) is 27.9 Å². The molecular formula is C15H17Cl2FN2O. The number of nitrogens with zero attached hydrogens (tertiary/aromatic N) is 2. The van der Waals surface area contributed by atoms with Crippen molar-refractivity contribution in [3.05, 3.63) is 46.0 Å². The van der Waals surface area contributed by atoms with Crippen molar-refractivity contribution in [3.8, 4) is 5.75 Å². The van der Waals surface area contributed by atoms with Crippen LogP contribution in [0.15, 0.2) is 18.2 Å². The molecule has 0 amide bonds. The summed E-state index contributed by atoms with van der Waals surface area (Å²) < 4.78 is 20.8. The molecule has 1 aromatic heterocycles. The second-order valence-corrected chi connectivity index (χ2v) is 5.20. The van der Waals surface area contributed by atoms with E-state index in [2.05, 4.69) is 5.10 Å². The molecule has 0 unspecified atom stereocenters. The van der Waals surface area contributed by atoms with Crippen molar-refractivity contribution >= 4 is 23.2 Å². The maximum Gasteiger partial charge on any atom is 0.131 e. The molecule has 0 aliphatic carbocycles. The Morgan fingerprint density at radius 2 is 2.10 bits per heavy atom. The van der Waals surface area contributed by atoms with E-state index in [0.717, 1.165) is 17.8 Å². The minimum atomic E-state index is -0.331. The molecule has 0 spiro atoms. The lowest BCUT2D eigenvalue weighted by molar-refractivity contribution is 0.290. The van der Waals surface area contributed by atoms with Crippen LogP contribution in [0.4, 0.5) is 4.39 Å². The fraction of sp³-hybridized carbons (Fsp3) is 0.400. The van der Waals surface area contributed by atoms with Crippen LogP contribution >= 0.6 is 23.2 Å². The summed E-state index contributed by atoms with van der Waals surface area (Å²) in [4.78, 5) is 0. The van der Waals surface area contributed by atoms with E-state index in [-0.39, 0.29) is 18.3 Å². The summed E-state index contributed by atoms with van der Waals surface area (Å²) in [7, 11) is 0. The van der Waals surface area contributed by atoms with Gasteiger partial charge in [-0.25, -0.2) is 4.39 Å². The third-order valence-electron chi connectivity index (χ3n) is 3.23. The van der Waals surface area contributed by atoms with Crippen LogP contribution in [-0.2, 0) is 25.5 Å². The first kappa shape index (κ1) is 16.1. The molecular weight excluding hydrogens is 314 g/mol. The third kappa shape index (κ3) is 3.50. The smallest absolute Gasteiger partial charge is 0.131 e. The Hall–Kier alpha value is -1.26. The molecule has 0 N–H and O–H groups in total. The highest BCUT2D eigenvalue weighted by atomic mass is 35.5. The molecule has 3 nitrogen and oxygen atoms in total. The van der Waals surface area contributed by atoms with Crippen LogP contribution in [0.25, 0.3) is 0 Å². The molecule has 114 valence electrons. The molecule has 1 aromatic carbocycles. The predicted octanol–water partition coefficient (Wildman–Crippen LogP) is 4.58. The molecule has 1 heterocycles. The fourth-order valence-electron chi connectivity index (χ4n) is 2.09. The van der Waals surface area contributed by atoms with Crippen LogP contribution in [0.2, 0.25) is 5.02 Å². The van der Waals surface area contributed by atoms with E-state index < -0.39 is 0 Å². The standard InChI is InChI=1S/C15H17Cl2FN2O/c1-3-12-15(17)13(20(4-2)19-12)9-21-14-6-5-11(18)7-10(14)8-16/h5-7H,3-4,8-9H2,1-2H3. The van der Waals surface area contributed by atoms with Gasteiger partial charge in [0.2, 0.25) is 0 Å². The highest BCUT2D eigenvalue weighted by Crippen LogP contribution is 2.26. The summed E-state index contributed by atoms with van der Waals surface area (Å²) >= 11 is 12.1. The Labute approximate surface area is 133 Å². The zero-order valence-corrected chi connectivity index (χ0v) is 13.5. The number of ether oxygens (including phenoxy) is 1. The second-order valence-electron chi connectivity index (χ2n) is 4.55. The molecule has 6 heteroatoms. The zero-order valence-electron chi connectivity index (χ0n) is 12.0. The average molecular weight is 331 g/mol. The van der Waals surface area contributed by atoms with Gasteiger partial charge >= 0.3 is 0 Å². The SMILES string of the molecule is CCc1nn(CC)c(COc2ccc(F)cc2CCl)c1Cl. The number of aryl methyl sites for hydroxylation is 2. The van der Waals surface area contributed by atoms with Gasteiger partial charge in [0, 0.05) is 12.1 Å². The third-order valence-corrected chi connectivity index (χ3v) is 3.95. The molecule has 21 heavy (non-hydrogen) atoms. The van der Waals surface area contributed by atoms with Crippen LogP contribution in [-0.4, -0.2) is 9.78 Å². The molecule has 0 radical (unpaired) electrons. The summed E-state index contributed by atoms with van der Waals surface area (Å²) in [5.74, 6) is 0.418. The van der Waals surface area contributed by atoms with Gasteiger partial charge in [-0.3, -0.25) is 4.68 Å². The molecule has 0 aliphatic rings. The number of hydrogen-bond donors (Lipinski definition) is 0. The van der Waals surface area contributed by atoms with Crippen molar-refractivity contribution in [3.63, 3.8) is 0 Å². The fourth-order valence-corrected chi connectivity index (χ4v) is 2.63. The van der Waals surface area contributed by atoms with Crippen LogP contribution in [0.1, 0.15) is 30.8 Å². The van der Waals surface area contributed by atoms with Gasteiger partial charge in [0.05, 0.1) is 22.3 Å². The molecule has 0 saturated heterocycles. The van der Waals surface area contributed by atoms with E-state index in [1.165, 1.54) is 12.1 Å². The molecule has 2 rings (SSSR count). The van der Waals surface area contributed by atoms with Crippen molar-refractivity contribution in [2.75, 3.05) is 0 Å². The van der Waals surface area contributed by atoms with E-state index >= 15 is 0 Å². The number of alkyl halides is 1. The topological polar surface area (TPSA) is 27.1 Å². The van der Waals surface area contributed by atoms with E-state index in [0.29, 0.717) is 22.9 Å². The van der Waals surface area contributed by atoms with Crippen LogP contribution < -0.4 is 4.74 Å². The number of halogens is 3. The Morgan fingerprint density at radius 1 is 1.33 bits per heavy atom.